The van der Waals surface area contributed by atoms with Crippen molar-refractivity contribution in [1.29, 1.82) is 0 Å². The fourth-order valence-electron chi connectivity index (χ4n) is 2.04. The van der Waals surface area contributed by atoms with Crippen LogP contribution in [0.5, 0.6) is 0 Å². The van der Waals surface area contributed by atoms with Gasteiger partial charge in [-0.15, -0.1) is 0 Å². The van der Waals surface area contributed by atoms with Crippen molar-refractivity contribution in [3.05, 3.63) is 0 Å². The first kappa shape index (κ1) is 16.2. The number of hydrogen-bond donors (Lipinski definition) is 1. The van der Waals surface area contributed by atoms with Crippen LogP contribution in [0, 0.1) is 5.92 Å². The van der Waals surface area contributed by atoms with E-state index in [1.807, 2.05) is 25.7 Å². The monoisotopic (exact) mass is 272 g/mol. The molecule has 0 radical (unpaired) electrons. The van der Waals surface area contributed by atoms with E-state index in [9.17, 15) is 4.79 Å². The van der Waals surface area contributed by atoms with Crippen LogP contribution in [0.4, 0.5) is 4.79 Å². The Morgan fingerprint density at radius 1 is 1.37 bits per heavy atom. The number of carbonyl (C=O) groups excluding carboxylic acids is 1. The Morgan fingerprint density at radius 2 is 2.05 bits per heavy atom. The molecule has 0 bridgehead atoms. The molecule has 0 aromatic carbocycles. The smallest absolute Gasteiger partial charge is 0.318 e. The van der Waals surface area contributed by atoms with E-state index in [0.29, 0.717) is 25.7 Å². The SMILES string of the molecule is CC(C)COC[C@H](C)NC(=O)N1CCO[C@@H](C)[C@H]1C. The molecule has 19 heavy (non-hydrogen) atoms. The fraction of sp³-hybridized carbons (Fsp3) is 0.929. The average Bonchev–Trinajstić information content (AvgIpc) is 2.31. The third kappa shape index (κ3) is 5.37. The van der Waals surface area contributed by atoms with Gasteiger partial charge in [0.15, 0.2) is 0 Å². The maximum atomic E-state index is 12.2. The number of morpholine rings is 1. The Morgan fingerprint density at radius 3 is 2.68 bits per heavy atom. The second-order valence-electron chi connectivity index (χ2n) is 5.79. The molecule has 0 unspecified atom stereocenters. The molecule has 1 aliphatic heterocycles. The Balaban J connectivity index is 2.32. The normalized spacial score (nSPS) is 25.5. The molecule has 1 rings (SSSR count). The van der Waals surface area contributed by atoms with E-state index >= 15 is 0 Å². The number of nitrogens with one attached hydrogen (secondary N) is 1. The van der Waals surface area contributed by atoms with Crippen molar-refractivity contribution in [3.8, 4) is 0 Å². The van der Waals surface area contributed by atoms with Gasteiger partial charge in [0.25, 0.3) is 0 Å². The molecule has 1 N–H and O–H groups in total. The molecule has 0 aromatic heterocycles. The quantitative estimate of drug-likeness (QED) is 0.831. The maximum absolute atomic E-state index is 12.2. The number of rotatable bonds is 5. The van der Waals surface area contributed by atoms with Crippen LogP contribution in [0.3, 0.4) is 0 Å². The molecule has 3 atom stereocenters. The Hall–Kier alpha value is -0.810. The van der Waals surface area contributed by atoms with Crippen LogP contribution in [0.15, 0.2) is 0 Å². The molecule has 2 amide bonds. The second kappa shape index (κ2) is 7.70. The molecule has 1 aliphatic rings. The Bertz CT molecular complexity index is 284. The van der Waals surface area contributed by atoms with Gasteiger partial charge < -0.3 is 19.7 Å². The van der Waals surface area contributed by atoms with Gasteiger partial charge in [0.05, 0.1) is 31.4 Å². The van der Waals surface area contributed by atoms with Crippen molar-refractivity contribution in [2.75, 3.05) is 26.4 Å². The highest BCUT2D eigenvalue weighted by Gasteiger charge is 2.29. The van der Waals surface area contributed by atoms with E-state index in [1.165, 1.54) is 0 Å². The highest BCUT2D eigenvalue weighted by atomic mass is 16.5. The summed E-state index contributed by atoms with van der Waals surface area (Å²) >= 11 is 0. The van der Waals surface area contributed by atoms with Gasteiger partial charge in [-0.2, -0.15) is 0 Å². The lowest BCUT2D eigenvalue weighted by molar-refractivity contribution is -0.0383. The minimum absolute atomic E-state index is 0.0246. The summed E-state index contributed by atoms with van der Waals surface area (Å²) < 4.78 is 11.1. The van der Waals surface area contributed by atoms with Crippen molar-refractivity contribution in [2.45, 2.75) is 52.8 Å². The van der Waals surface area contributed by atoms with Crippen molar-refractivity contribution in [1.82, 2.24) is 10.2 Å². The largest absolute Gasteiger partial charge is 0.379 e. The van der Waals surface area contributed by atoms with Crippen molar-refractivity contribution < 1.29 is 14.3 Å². The molecule has 5 heteroatoms. The zero-order valence-corrected chi connectivity index (χ0v) is 12.8. The van der Waals surface area contributed by atoms with Crippen molar-refractivity contribution in [3.63, 3.8) is 0 Å². The Labute approximate surface area is 116 Å². The summed E-state index contributed by atoms with van der Waals surface area (Å²) in [4.78, 5) is 14.0. The van der Waals surface area contributed by atoms with Gasteiger partial charge in [-0.05, 0) is 26.7 Å². The van der Waals surface area contributed by atoms with Gasteiger partial charge in [0.1, 0.15) is 0 Å². The lowest BCUT2D eigenvalue weighted by Gasteiger charge is -2.38. The zero-order valence-electron chi connectivity index (χ0n) is 12.8. The minimum atomic E-state index is -0.0247. The number of urea groups is 1. The summed E-state index contributed by atoms with van der Waals surface area (Å²) in [7, 11) is 0. The highest BCUT2D eigenvalue weighted by molar-refractivity contribution is 5.75. The number of hydrogen-bond acceptors (Lipinski definition) is 3. The Kier molecular flexibility index (Phi) is 6.58. The van der Waals surface area contributed by atoms with Crippen LogP contribution < -0.4 is 5.32 Å². The summed E-state index contributed by atoms with van der Waals surface area (Å²) in [5.41, 5.74) is 0. The van der Waals surface area contributed by atoms with Gasteiger partial charge in [-0.1, -0.05) is 13.8 Å². The molecule has 0 aromatic rings. The lowest BCUT2D eigenvalue weighted by atomic mass is 10.1. The number of ether oxygens (including phenoxy) is 2. The standard InChI is InChI=1S/C14H28N2O3/c1-10(2)8-18-9-11(3)15-14(17)16-6-7-19-13(5)12(16)4/h10-13H,6-9H2,1-5H3,(H,15,17)/t11-,12+,13-/m0/s1. The van der Waals surface area contributed by atoms with Crippen LogP contribution in [0.2, 0.25) is 0 Å². The zero-order chi connectivity index (χ0) is 14.4. The summed E-state index contributed by atoms with van der Waals surface area (Å²) in [5, 5.41) is 2.98. The van der Waals surface area contributed by atoms with Gasteiger partial charge >= 0.3 is 6.03 Å². The van der Waals surface area contributed by atoms with E-state index < -0.39 is 0 Å². The highest BCUT2D eigenvalue weighted by Crippen LogP contribution is 2.13. The molecule has 0 aliphatic carbocycles. The van der Waals surface area contributed by atoms with E-state index in [2.05, 4.69) is 19.2 Å². The van der Waals surface area contributed by atoms with Crippen molar-refractivity contribution >= 4 is 6.03 Å². The topological polar surface area (TPSA) is 50.8 Å². The predicted octanol–water partition coefficient (Wildman–Crippen LogP) is 1.87. The number of nitrogens with zero attached hydrogens (tertiary/aromatic N) is 1. The summed E-state index contributed by atoms with van der Waals surface area (Å²) in [6.45, 7) is 12.7. The molecular formula is C14H28N2O3. The van der Waals surface area contributed by atoms with Crippen molar-refractivity contribution in [2.24, 2.45) is 5.92 Å². The first-order valence-electron chi connectivity index (χ1n) is 7.18. The molecule has 112 valence electrons. The van der Waals surface area contributed by atoms with E-state index in [1.54, 1.807) is 0 Å². The van der Waals surface area contributed by atoms with Crippen LogP contribution in [0.25, 0.3) is 0 Å². The molecule has 5 nitrogen and oxygen atoms in total. The van der Waals surface area contributed by atoms with E-state index in [4.69, 9.17) is 9.47 Å². The van der Waals surface area contributed by atoms with E-state index in [-0.39, 0.29) is 24.2 Å². The molecule has 1 heterocycles. The summed E-state index contributed by atoms with van der Waals surface area (Å²) in [6.07, 6.45) is 0.0898. The molecular weight excluding hydrogens is 244 g/mol. The third-order valence-corrected chi connectivity index (χ3v) is 3.33. The second-order valence-corrected chi connectivity index (χ2v) is 5.79. The predicted molar refractivity (Wildman–Crippen MR) is 75.2 cm³/mol. The first-order valence-corrected chi connectivity index (χ1v) is 7.18. The fourth-order valence-corrected chi connectivity index (χ4v) is 2.04. The molecule has 1 fully saturated rings. The maximum Gasteiger partial charge on any atom is 0.318 e. The molecule has 1 saturated heterocycles. The molecule has 0 spiro atoms. The van der Waals surface area contributed by atoms with Gasteiger partial charge in [-0.3, -0.25) is 0 Å². The first-order chi connectivity index (χ1) is 8.91. The van der Waals surface area contributed by atoms with E-state index in [0.717, 1.165) is 6.61 Å². The van der Waals surface area contributed by atoms with Gasteiger partial charge in [0, 0.05) is 13.2 Å². The lowest BCUT2D eigenvalue weighted by Crippen LogP contribution is -2.56. The van der Waals surface area contributed by atoms with Gasteiger partial charge in [-0.25, -0.2) is 4.79 Å². The third-order valence-electron chi connectivity index (χ3n) is 3.33. The van der Waals surface area contributed by atoms with Crippen LogP contribution in [-0.2, 0) is 9.47 Å². The van der Waals surface area contributed by atoms with Crippen LogP contribution in [0.1, 0.15) is 34.6 Å². The van der Waals surface area contributed by atoms with Crippen LogP contribution in [-0.4, -0.2) is 55.5 Å². The molecule has 0 saturated carbocycles. The number of carbonyl (C=O) groups is 1. The summed E-state index contributed by atoms with van der Waals surface area (Å²) in [6, 6.07) is 0.109. The van der Waals surface area contributed by atoms with Gasteiger partial charge in [0.2, 0.25) is 0 Å². The van der Waals surface area contributed by atoms with Crippen LogP contribution >= 0.6 is 0 Å². The number of amides is 2. The summed E-state index contributed by atoms with van der Waals surface area (Å²) in [5.74, 6) is 0.517. The minimum Gasteiger partial charge on any atom is -0.379 e. The average molecular weight is 272 g/mol.